The average molecular weight is 697 g/mol. The Kier molecular flexibility index (Phi) is 12.0. The van der Waals surface area contributed by atoms with Gasteiger partial charge in [0.15, 0.2) is 6.29 Å². The van der Waals surface area contributed by atoms with Crippen molar-refractivity contribution < 1.29 is 38.8 Å². The number of rotatable bonds is 13. The first-order valence-electron chi connectivity index (χ1n) is 16.6. The van der Waals surface area contributed by atoms with E-state index in [1.54, 1.807) is 11.8 Å². The van der Waals surface area contributed by atoms with Crippen molar-refractivity contribution in [2.45, 2.75) is 57.1 Å². The standard InChI is InChI=1S/C39H40N2O8S/c42-16-17-50-25-33-20-35(29-14-12-26(23-43)13-15-29)49-38(48-33)32-11-5-10-31(19-32)30-9-4-8-28(18-30)22-41-36(44)21-34(37(41)45)40-39(46)47-24-27-6-2-1-3-7-27/h1-15,18-19,33-35,38,42-43H,16-17,20-25H2,(H,40,46)/t33-,34?,35+,38+/m0/s1. The van der Waals surface area contributed by atoms with Gasteiger partial charge in [0.05, 0.1) is 38.4 Å². The van der Waals surface area contributed by atoms with E-state index >= 15 is 0 Å². The number of nitrogens with one attached hydrogen (secondary N) is 1. The largest absolute Gasteiger partial charge is 0.445 e. The molecule has 2 fully saturated rings. The van der Waals surface area contributed by atoms with E-state index < -0.39 is 24.3 Å². The number of carbonyl (C=O) groups excluding carboxylic acids is 3. The second-order valence-electron chi connectivity index (χ2n) is 12.3. The third-order valence-corrected chi connectivity index (χ3v) is 9.74. The maximum absolute atomic E-state index is 13.2. The number of nitrogens with zero attached hydrogens (tertiary/aromatic N) is 1. The minimum atomic E-state index is -0.983. The van der Waals surface area contributed by atoms with E-state index in [4.69, 9.17) is 14.2 Å². The number of ether oxygens (including phenoxy) is 3. The Hall–Kier alpha value is -4.52. The van der Waals surface area contributed by atoms with E-state index in [0.717, 1.165) is 38.9 Å². The van der Waals surface area contributed by atoms with Crippen LogP contribution in [0.1, 0.15) is 53.1 Å². The molecule has 0 bridgehead atoms. The van der Waals surface area contributed by atoms with Crippen LogP contribution in [0.25, 0.3) is 11.1 Å². The maximum Gasteiger partial charge on any atom is 0.408 e. The van der Waals surface area contributed by atoms with Gasteiger partial charge in [0.2, 0.25) is 5.91 Å². The lowest BCUT2D eigenvalue weighted by atomic mass is 9.99. The van der Waals surface area contributed by atoms with Crippen LogP contribution in [-0.4, -0.2) is 63.3 Å². The second-order valence-corrected chi connectivity index (χ2v) is 13.4. The number of hydrogen-bond donors (Lipinski definition) is 3. The van der Waals surface area contributed by atoms with Gasteiger partial charge in [0.25, 0.3) is 5.91 Å². The normalized spacial score (nSPS) is 20.6. The molecule has 1 unspecified atom stereocenters. The predicted molar refractivity (Wildman–Crippen MR) is 188 cm³/mol. The fourth-order valence-electron chi connectivity index (χ4n) is 6.07. The monoisotopic (exact) mass is 696 g/mol. The lowest BCUT2D eigenvalue weighted by molar-refractivity contribution is -0.245. The van der Waals surface area contributed by atoms with Gasteiger partial charge < -0.3 is 29.7 Å². The molecule has 2 saturated heterocycles. The number of aliphatic hydroxyl groups is 2. The number of thioether (sulfide) groups is 1. The molecule has 0 radical (unpaired) electrons. The molecule has 10 nitrogen and oxygen atoms in total. The number of likely N-dealkylation sites (tertiary alicyclic amines) is 1. The number of amides is 3. The Morgan fingerprint density at radius 2 is 1.58 bits per heavy atom. The Labute approximate surface area is 295 Å². The molecule has 50 heavy (non-hydrogen) atoms. The summed E-state index contributed by atoms with van der Waals surface area (Å²) in [4.78, 5) is 39.6. The van der Waals surface area contributed by atoms with Crippen molar-refractivity contribution >= 4 is 29.7 Å². The van der Waals surface area contributed by atoms with Gasteiger partial charge in [-0.2, -0.15) is 11.8 Å². The van der Waals surface area contributed by atoms with Crippen molar-refractivity contribution in [1.82, 2.24) is 10.2 Å². The molecule has 4 atom stereocenters. The summed E-state index contributed by atoms with van der Waals surface area (Å²) in [5.74, 6) is 0.500. The lowest BCUT2D eigenvalue weighted by Gasteiger charge is -2.36. The summed E-state index contributed by atoms with van der Waals surface area (Å²) < 4.78 is 18.2. The molecule has 2 aliphatic heterocycles. The first kappa shape index (κ1) is 35.3. The number of imide groups is 1. The molecule has 0 saturated carbocycles. The maximum atomic E-state index is 13.2. The van der Waals surface area contributed by atoms with E-state index in [9.17, 15) is 24.6 Å². The third-order valence-electron chi connectivity index (χ3n) is 8.66. The highest BCUT2D eigenvalue weighted by atomic mass is 32.2. The molecule has 2 heterocycles. The first-order valence-corrected chi connectivity index (χ1v) is 17.8. The van der Waals surface area contributed by atoms with Crippen molar-refractivity contribution in [2.24, 2.45) is 0 Å². The van der Waals surface area contributed by atoms with Crippen molar-refractivity contribution in [3.8, 4) is 11.1 Å². The van der Waals surface area contributed by atoms with Crippen LogP contribution >= 0.6 is 11.8 Å². The van der Waals surface area contributed by atoms with Crippen molar-refractivity contribution in [3.05, 3.63) is 131 Å². The fraction of sp³-hybridized carbons (Fsp3) is 0.308. The van der Waals surface area contributed by atoms with Crippen LogP contribution in [0.4, 0.5) is 4.79 Å². The number of carbonyl (C=O) groups is 3. The van der Waals surface area contributed by atoms with Gasteiger partial charge in [0.1, 0.15) is 12.6 Å². The minimum absolute atomic E-state index is 0.0274. The van der Waals surface area contributed by atoms with Crippen LogP contribution in [0.2, 0.25) is 0 Å². The van der Waals surface area contributed by atoms with E-state index in [2.05, 4.69) is 5.32 Å². The van der Waals surface area contributed by atoms with Crippen molar-refractivity contribution in [2.75, 3.05) is 18.1 Å². The summed E-state index contributed by atoms with van der Waals surface area (Å²) in [6, 6.07) is 31.5. The van der Waals surface area contributed by atoms with Gasteiger partial charge in [-0.1, -0.05) is 91.0 Å². The second kappa shape index (κ2) is 16.9. The summed E-state index contributed by atoms with van der Waals surface area (Å²) in [7, 11) is 0. The topological polar surface area (TPSA) is 135 Å². The minimum Gasteiger partial charge on any atom is -0.445 e. The van der Waals surface area contributed by atoms with E-state index in [1.165, 1.54) is 4.90 Å². The van der Waals surface area contributed by atoms with Gasteiger partial charge >= 0.3 is 6.09 Å². The highest BCUT2D eigenvalue weighted by Gasteiger charge is 2.40. The van der Waals surface area contributed by atoms with E-state index in [1.807, 2.05) is 103 Å². The molecule has 3 N–H and O–H groups in total. The quantitative estimate of drug-likeness (QED) is 0.119. The van der Waals surface area contributed by atoms with E-state index in [0.29, 0.717) is 17.9 Å². The summed E-state index contributed by atoms with van der Waals surface area (Å²) in [5.41, 5.74) is 6.07. The SMILES string of the molecule is O=C(NC1CC(=O)N(Cc2cccc(-c3cccc([C@@H]4O[C@H](CSCCO)C[C@H](c5ccc(CO)cc5)O4)c3)c2)C1=O)OCc1ccccc1. The Morgan fingerprint density at radius 3 is 2.34 bits per heavy atom. The highest BCUT2D eigenvalue weighted by Crippen LogP contribution is 2.39. The zero-order valence-electron chi connectivity index (χ0n) is 27.5. The molecule has 3 amide bonds. The highest BCUT2D eigenvalue weighted by molar-refractivity contribution is 7.99. The molecular formula is C39H40N2O8S. The van der Waals surface area contributed by atoms with Gasteiger partial charge in [0, 0.05) is 23.5 Å². The van der Waals surface area contributed by atoms with Crippen LogP contribution in [0.15, 0.2) is 103 Å². The molecule has 0 aliphatic carbocycles. The van der Waals surface area contributed by atoms with Gasteiger partial charge in [-0.25, -0.2) is 4.79 Å². The predicted octanol–water partition coefficient (Wildman–Crippen LogP) is 5.67. The van der Waals surface area contributed by atoms with Crippen molar-refractivity contribution in [3.63, 3.8) is 0 Å². The number of hydrogen-bond acceptors (Lipinski definition) is 9. The lowest BCUT2D eigenvalue weighted by Crippen LogP contribution is -2.41. The zero-order valence-corrected chi connectivity index (χ0v) is 28.3. The summed E-state index contributed by atoms with van der Waals surface area (Å²) in [6.45, 7) is 0.204. The van der Waals surface area contributed by atoms with E-state index in [-0.39, 0.29) is 50.9 Å². The van der Waals surface area contributed by atoms with Gasteiger partial charge in [-0.05, 0) is 45.5 Å². The van der Waals surface area contributed by atoms with Crippen LogP contribution in [-0.2, 0) is 43.6 Å². The smallest absolute Gasteiger partial charge is 0.408 e. The van der Waals surface area contributed by atoms with Crippen LogP contribution in [0.3, 0.4) is 0 Å². The molecule has 4 aromatic carbocycles. The molecule has 4 aromatic rings. The first-order chi connectivity index (χ1) is 24.4. The molecule has 6 rings (SSSR count). The summed E-state index contributed by atoms with van der Waals surface area (Å²) in [6.07, 6.45) is -1.16. The fourth-order valence-corrected chi connectivity index (χ4v) is 6.84. The molecule has 0 aromatic heterocycles. The number of aliphatic hydroxyl groups excluding tert-OH is 2. The van der Waals surface area contributed by atoms with Crippen LogP contribution in [0, 0.1) is 0 Å². The zero-order chi connectivity index (χ0) is 34.9. The molecule has 260 valence electrons. The van der Waals surface area contributed by atoms with Crippen molar-refractivity contribution in [1.29, 1.82) is 0 Å². The van der Waals surface area contributed by atoms with Crippen LogP contribution < -0.4 is 5.32 Å². The number of alkyl carbamates (subject to hydrolysis) is 1. The molecular weight excluding hydrogens is 657 g/mol. The van der Waals surface area contributed by atoms with Gasteiger partial charge in [-0.3, -0.25) is 14.5 Å². The molecule has 11 heteroatoms. The van der Waals surface area contributed by atoms with Gasteiger partial charge in [-0.15, -0.1) is 0 Å². The Balaban J connectivity index is 1.12. The Bertz CT molecular complexity index is 1770. The summed E-state index contributed by atoms with van der Waals surface area (Å²) in [5, 5.41) is 21.3. The molecule has 0 spiro atoms. The average Bonchev–Trinajstić information content (AvgIpc) is 3.41. The summed E-state index contributed by atoms with van der Waals surface area (Å²) >= 11 is 1.64. The van der Waals surface area contributed by atoms with Crippen LogP contribution in [0.5, 0.6) is 0 Å². The number of benzene rings is 4. The molecule has 2 aliphatic rings. The third kappa shape index (κ3) is 8.98. The Morgan fingerprint density at radius 1 is 0.840 bits per heavy atom.